The van der Waals surface area contributed by atoms with Crippen LogP contribution in [0.4, 0.5) is 0 Å². The van der Waals surface area contributed by atoms with E-state index in [1.165, 1.54) is 6.08 Å². The van der Waals surface area contributed by atoms with Gasteiger partial charge in [0.05, 0.1) is 11.6 Å². The minimum absolute atomic E-state index is 0.0565. The maximum Gasteiger partial charge on any atom is 0.348 e. The Morgan fingerprint density at radius 1 is 0.824 bits per heavy atom. The molecule has 0 aliphatic carbocycles. The molecule has 0 spiro atoms. The highest BCUT2D eigenvalue weighted by atomic mass is 17.2. The number of hydrogen-bond acceptors (Lipinski definition) is 8. The topological polar surface area (TPSA) is 111 Å². The number of carbonyl (C=O) groups excluding carboxylic acids is 1. The van der Waals surface area contributed by atoms with Gasteiger partial charge >= 0.3 is 5.97 Å². The highest BCUT2D eigenvalue weighted by Gasteiger charge is 2.11. The first-order valence-corrected chi connectivity index (χ1v) is 10.2. The maximum absolute atomic E-state index is 12.1. The Morgan fingerprint density at radius 3 is 1.94 bits per heavy atom. The fourth-order valence-electron chi connectivity index (χ4n) is 2.43. The molecule has 0 aromatic heterocycles. The predicted octanol–water partition coefficient (Wildman–Crippen LogP) is 4.27. The number of nitriles is 2. The van der Waals surface area contributed by atoms with Gasteiger partial charge in [0.15, 0.2) is 0 Å². The van der Waals surface area contributed by atoms with Crippen molar-refractivity contribution in [3.63, 3.8) is 0 Å². The van der Waals surface area contributed by atoms with Crippen molar-refractivity contribution in [2.24, 2.45) is 0 Å². The average molecular weight is 460 g/mol. The summed E-state index contributed by atoms with van der Waals surface area (Å²) >= 11 is 0. The zero-order valence-electron chi connectivity index (χ0n) is 18.6. The molecule has 0 saturated carbocycles. The number of esters is 1. The second-order valence-corrected chi connectivity index (χ2v) is 6.64. The minimum Gasteiger partial charge on any atom is -0.490 e. The van der Waals surface area contributed by atoms with Crippen molar-refractivity contribution in [2.75, 3.05) is 33.0 Å². The Hall–Kier alpha value is -4.37. The molecule has 0 atom stereocenters. The highest BCUT2D eigenvalue weighted by Crippen LogP contribution is 2.16. The largest absolute Gasteiger partial charge is 0.490 e. The third-order valence-corrected chi connectivity index (χ3v) is 4.14. The lowest BCUT2D eigenvalue weighted by atomic mass is 10.1. The van der Waals surface area contributed by atoms with Gasteiger partial charge in [-0.1, -0.05) is 43.5 Å². The molecule has 2 aromatic carbocycles. The van der Waals surface area contributed by atoms with E-state index < -0.39 is 5.97 Å². The van der Waals surface area contributed by atoms with Crippen LogP contribution in [0.2, 0.25) is 0 Å². The summed E-state index contributed by atoms with van der Waals surface area (Å²) in [5.74, 6) is 0.584. The van der Waals surface area contributed by atoms with E-state index in [0.717, 1.165) is 11.3 Å². The van der Waals surface area contributed by atoms with E-state index in [-0.39, 0.29) is 31.0 Å². The van der Waals surface area contributed by atoms with Crippen molar-refractivity contribution in [2.45, 2.75) is 0 Å². The number of rotatable bonds is 14. The molecule has 0 heterocycles. The third kappa shape index (κ3) is 9.41. The van der Waals surface area contributed by atoms with Crippen LogP contribution in [-0.2, 0) is 19.3 Å². The summed E-state index contributed by atoms with van der Waals surface area (Å²) in [5, 5.41) is 17.8. The molecule has 0 amide bonds. The van der Waals surface area contributed by atoms with Gasteiger partial charge in [0.25, 0.3) is 0 Å². The number of benzene rings is 2. The Morgan fingerprint density at radius 2 is 1.41 bits per heavy atom. The highest BCUT2D eigenvalue weighted by molar-refractivity contribution is 5.97. The Labute approximate surface area is 198 Å². The summed E-state index contributed by atoms with van der Waals surface area (Å²) in [6, 6.07) is 18.1. The first-order valence-electron chi connectivity index (χ1n) is 10.2. The van der Waals surface area contributed by atoms with Gasteiger partial charge in [-0.15, -0.1) is 0 Å². The van der Waals surface area contributed by atoms with Crippen LogP contribution in [0.1, 0.15) is 11.1 Å². The van der Waals surface area contributed by atoms with Crippen molar-refractivity contribution in [1.29, 1.82) is 10.5 Å². The van der Waals surface area contributed by atoms with Crippen LogP contribution in [0.25, 0.3) is 12.2 Å². The summed E-state index contributed by atoms with van der Waals surface area (Å²) in [4.78, 5) is 21.5. The molecular weight excluding hydrogens is 436 g/mol. The zero-order valence-corrected chi connectivity index (χ0v) is 18.6. The summed E-state index contributed by atoms with van der Waals surface area (Å²) < 4.78 is 16.2. The lowest BCUT2D eigenvalue weighted by molar-refractivity contribution is -0.291. The van der Waals surface area contributed by atoms with Gasteiger partial charge in [0.1, 0.15) is 56.2 Å². The van der Waals surface area contributed by atoms with Gasteiger partial charge in [-0.2, -0.15) is 10.5 Å². The van der Waals surface area contributed by atoms with Crippen LogP contribution in [0.5, 0.6) is 11.5 Å². The SMILES string of the molecule is C=Cc1ccc(OCCOc2ccc(/C=C(\C#N)C(=O)OCCOOCC(=C)C#N)cc2)cc1. The van der Waals surface area contributed by atoms with Crippen LogP contribution in [0.15, 0.2) is 72.8 Å². The van der Waals surface area contributed by atoms with Crippen molar-refractivity contribution < 1.29 is 28.8 Å². The number of hydrogen-bond donors (Lipinski definition) is 0. The molecule has 8 nitrogen and oxygen atoms in total. The Kier molecular flexibility index (Phi) is 11.2. The number of carbonyl (C=O) groups is 1. The van der Waals surface area contributed by atoms with Gasteiger partial charge in [-0.25, -0.2) is 14.6 Å². The van der Waals surface area contributed by atoms with Gasteiger partial charge in [0.2, 0.25) is 0 Å². The third-order valence-electron chi connectivity index (χ3n) is 4.14. The molecule has 8 heteroatoms. The van der Waals surface area contributed by atoms with E-state index in [2.05, 4.69) is 13.2 Å². The van der Waals surface area contributed by atoms with Crippen LogP contribution in [-0.4, -0.2) is 39.0 Å². The molecular formula is C26H24N2O6. The Balaban J connectivity index is 1.73. The van der Waals surface area contributed by atoms with Crippen LogP contribution in [0.3, 0.4) is 0 Å². The molecule has 0 N–H and O–H groups in total. The lowest BCUT2D eigenvalue weighted by Gasteiger charge is -2.09. The molecule has 0 aliphatic rings. The standard InChI is InChI=1S/C26H24N2O6/c1-3-21-4-8-24(9-5-21)30-12-13-31-25-10-6-22(7-11-25)16-23(18-28)26(29)32-14-15-33-34-19-20(2)17-27/h3-11,16H,1-2,12-15,19H2/b23-16+. The molecule has 34 heavy (non-hydrogen) atoms. The maximum atomic E-state index is 12.1. The fourth-order valence-corrected chi connectivity index (χ4v) is 2.43. The lowest BCUT2D eigenvalue weighted by Crippen LogP contribution is -2.12. The van der Waals surface area contributed by atoms with Crippen molar-refractivity contribution >= 4 is 18.1 Å². The number of ether oxygens (including phenoxy) is 3. The second kappa shape index (κ2) is 14.6. The molecule has 0 unspecified atom stereocenters. The molecule has 2 rings (SSSR count). The summed E-state index contributed by atoms with van der Waals surface area (Å²) in [7, 11) is 0. The van der Waals surface area contributed by atoms with E-state index in [9.17, 15) is 10.1 Å². The molecule has 0 saturated heterocycles. The molecule has 2 aromatic rings. The molecule has 0 aliphatic heterocycles. The van der Waals surface area contributed by atoms with Gasteiger partial charge in [-0.3, -0.25) is 0 Å². The molecule has 0 bridgehead atoms. The normalized spacial score (nSPS) is 10.5. The Bertz CT molecular complexity index is 1080. The second-order valence-electron chi connectivity index (χ2n) is 6.64. The first kappa shape index (κ1) is 25.9. The van der Waals surface area contributed by atoms with Crippen LogP contribution >= 0.6 is 0 Å². The smallest absolute Gasteiger partial charge is 0.348 e. The fraction of sp³-hybridized carbons (Fsp3) is 0.192. The average Bonchev–Trinajstić information content (AvgIpc) is 2.87. The number of nitrogens with zero attached hydrogens (tertiary/aromatic N) is 2. The first-order chi connectivity index (χ1) is 16.5. The van der Waals surface area contributed by atoms with Gasteiger partial charge < -0.3 is 14.2 Å². The molecule has 0 fully saturated rings. The van der Waals surface area contributed by atoms with Crippen molar-refractivity contribution in [1.82, 2.24) is 0 Å². The molecule has 0 radical (unpaired) electrons. The van der Waals surface area contributed by atoms with Gasteiger partial charge in [0, 0.05) is 0 Å². The summed E-state index contributed by atoms with van der Waals surface area (Å²) in [5.41, 5.74) is 1.69. The zero-order chi connectivity index (χ0) is 24.6. The summed E-state index contributed by atoms with van der Waals surface area (Å²) in [6.07, 6.45) is 3.18. The van der Waals surface area contributed by atoms with E-state index in [1.54, 1.807) is 36.4 Å². The van der Waals surface area contributed by atoms with Crippen LogP contribution < -0.4 is 9.47 Å². The quantitative estimate of drug-likeness (QED) is 0.103. The van der Waals surface area contributed by atoms with Crippen LogP contribution in [0, 0.1) is 22.7 Å². The minimum atomic E-state index is -0.786. The van der Waals surface area contributed by atoms with E-state index in [0.29, 0.717) is 24.5 Å². The van der Waals surface area contributed by atoms with E-state index in [1.807, 2.05) is 30.3 Å². The molecule has 174 valence electrons. The predicted molar refractivity (Wildman–Crippen MR) is 125 cm³/mol. The van der Waals surface area contributed by atoms with E-state index >= 15 is 0 Å². The van der Waals surface area contributed by atoms with E-state index in [4.69, 9.17) is 29.2 Å². The summed E-state index contributed by atoms with van der Waals surface area (Å²) in [6.45, 7) is 7.60. The monoisotopic (exact) mass is 460 g/mol. The van der Waals surface area contributed by atoms with Crippen molar-refractivity contribution in [3.05, 3.63) is 84.0 Å². The van der Waals surface area contributed by atoms with Crippen molar-refractivity contribution in [3.8, 4) is 23.6 Å². The van der Waals surface area contributed by atoms with Gasteiger partial charge in [-0.05, 0) is 41.5 Å².